The zero-order valence-corrected chi connectivity index (χ0v) is 19.0. The Kier molecular flexibility index (Phi) is 6.44. The molecule has 0 saturated heterocycles. The van der Waals surface area contributed by atoms with Crippen molar-refractivity contribution in [3.05, 3.63) is 59.4 Å². The van der Waals surface area contributed by atoms with Crippen molar-refractivity contribution >= 4 is 28.5 Å². The molecule has 7 heteroatoms. The van der Waals surface area contributed by atoms with Crippen LogP contribution in [0.4, 0.5) is 5.69 Å². The van der Waals surface area contributed by atoms with Crippen molar-refractivity contribution in [2.24, 2.45) is 0 Å². The second-order valence-electron chi connectivity index (χ2n) is 8.45. The predicted molar refractivity (Wildman–Crippen MR) is 126 cm³/mol. The summed E-state index contributed by atoms with van der Waals surface area (Å²) in [5.74, 6) is 0.809. The summed E-state index contributed by atoms with van der Waals surface area (Å²) in [4.78, 5) is 37.5. The van der Waals surface area contributed by atoms with Crippen molar-refractivity contribution in [3.63, 3.8) is 0 Å². The average Bonchev–Trinajstić information content (AvgIpc) is 3.15. The lowest BCUT2D eigenvalue weighted by Crippen LogP contribution is -2.40. The van der Waals surface area contributed by atoms with Crippen molar-refractivity contribution in [2.75, 3.05) is 18.9 Å². The third kappa shape index (κ3) is 4.47. The number of benzene rings is 2. The van der Waals surface area contributed by atoms with Gasteiger partial charge in [-0.15, -0.1) is 0 Å². The number of nitrogens with one attached hydrogen (secondary N) is 2. The molecule has 0 radical (unpaired) electrons. The minimum absolute atomic E-state index is 0.0732. The van der Waals surface area contributed by atoms with Crippen LogP contribution in [0.3, 0.4) is 0 Å². The molecule has 168 valence electrons. The van der Waals surface area contributed by atoms with E-state index in [1.165, 1.54) is 0 Å². The maximum Gasteiger partial charge on any atom is 0.254 e. The number of H-pyrrole nitrogens is 1. The maximum atomic E-state index is 13.2. The molecule has 2 heterocycles. The number of anilines is 1. The van der Waals surface area contributed by atoms with Gasteiger partial charge >= 0.3 is 0 Å². The van der Waals surface area contributed by atoms with Crippen LogP contribution < -0.4 is 5.32 Å². The molecule has 3 aromatic rings. The summed E-state index contributed by atoms with van der Waals surface area (Å²) in [6, 6.07) is 13.3. The van der Waals surface area contributed by atoms with Crippen LogP contribution in [0, 0.1) is 0 Å². The van der Waals surface area contributed by atoms with Crippen LogP contribution in [0.1, 0.15) is 54.9 Å². The van der Waals surface area contributed by atoms with Crippen LogP contribution >= 0.6 is 0 Å². The van der Waals surface area contributed by atoms with E-state index in [9.17, 15) is 9.59 Å². The van der Waals surface area contributed by atoms with Crippen LogP contribution in [0.15, 0.2) is 42.5 Å². The third-order valence-corrected chi connectivity index (χ3v) is 6.01. The Labute approximate surface area is 188 Å². The first kappa shape index (κ1) is 21.9. The minimum Gasteiger partial charge on any atom is -0.373 e. The van der Waals surface area contributed by atoms with Gasteiger partial charge in [0, 0.05) is 31.4 Å². The van der Waals surface area contributed by atoms with E-state index in [-0.39, 0.29) is 17.9 Å². The van der Waals surface area contributed by atoms with Crippen LogP contribution in [-0.2, 0) is 17.9 Å². The Bertz CT molecular complexity index is 1090. The van der Waals surface area contributed by atoms with Crippen molar-refractivity contribution < 1.29 is 9.59 Å². The number of amides is 2. The number of carbonyl (C=O) groups excluding carboxylic acids is 2. The second kappa shape index (κ2) is 9.42. The first-order valence-electron chi connectivity index (χ1n) is 11.4. The number of fused-ring (bicyclic) bond motifs is 2. The Hall–Kier alpha value is -3.35. The molecule has 1 aromatic heterocycles. The fraction of sp³-hybridized carbons (Fsp3) is 0.400. The summed E-state index contributed by atoms with van der Waals surface area (Å²) in [6.45, 7) is 5.79. The van der Waals surface area contributed by atoms with E-state index < -0.39 is 0 Å². The molecule has 4 rings (SSSR count). The average molecular weight is 434 g/mol. The minimum atomic E-state index is -0.231. The molecule has 2 aromatic carbocycles. The number of carbonyl (C=O) groups is 2. The Morgan fingerprint density at radius 3 is 2.78 bits per heavy atom. The number of aromatic nitrogens is 2. The number of aromatic amines is 1. The summed E-state index contributed by atoms with van der Waals surface area (Å²) in [7, 11) is 1.78. The number of para-hydroxylation sites is 2. The fourth-order valence-electron chi connectivity index (χ4n) is 4.16. The van der Waals surface area contributed by atoms with Gasteiger partial charge in [-0.05, 0) is 48.7 Å². The lowest BCUT2D eigenvalue weighted by molar-refractivity contribution is -0.132. The van der Waals surface area contributed by atoms with Gasteiger partial charge in [0.25, 0.3) is 5.91 Å². The second-order valence-corrected chi connectivity index (χ2v) is 8.45. The molecule has 1 atom stereocenters. The van der Waals surface area contributed by atoms with Gasteiger partial charge in [0.15, 0.2) is 0 Å². The summed E-state index contributed by atoms with van der Waals surface area (Å²) in [5, 5.41) is 3.38. The number of unbranched alkanes of at least 4 members (excludes halogenated alkanes) is 1. The molecule has 0 saturated carbocycles. The van der Waals surface area contributed by atoms with E-state index in [1.807, 2.05) is 54.3 Å². The topological polar surface area (TPSA) is 81.3 Å². The van der Waals surface area contributed by atoms with Gasteiger partial charge in [0.1, 0.15) is 11.9 Å². The zero-order chi connectivity index (χ0) is 22.7. The van der Waals surface area contributed by atoms with Crippen molar-refractivity contribution in [2.45, 2.75) is 52.2 Å². The molecule has 1 aliphatic heterocycles. The normalized spacial score (nSPS) is 15.9. The number of rotatable bonds is 7. The summed E-state index contributed by atoms with van der Waals surface area (Å²) < 4.78 is 0. The molecule has 0 fully saturated rings. The van der Waals surface area contributed by atoms with Crippen LogP contribution in [0.5, 0.6) is 0 Å². The highest BCUT2D eigenvalue weighted by atomic mass is 16.2. The molecule has 0 bridgehead atoms. The van der Waals surface area contributed by atoms with E-state index in [2.05, 4.69) is 22.2 Å². The molecule has 2 N–H and O–H groups in total. The van der Waals surface area contributed by atoms with Gasteiger partial charge in [0.05, 0.1) is 17.6 Å². The largest absolute Gasteiger partial charge is 0.373 e. The lowest BCUT2D eigenvalue weighted by Gasteiger charge is -2.23. The lowest BCUT2D eigenvalue weighted by atomic mass is 10.1. The van der Waals surface area contributed by atoms with Crippen LogP contribution in [-0.4, -0.2) is 51.2 Å². The van der Waals surface area contributed by atoms with Gasteiger partial charge in [-0.2, -0.15) is 0 Å². The molecule has 0 spiro atoms. The van der Waals surface area contributed by atoms with Crippen molar-refractivity contribution in [3.8, 4) is 0 Å². The van der Waals surface area contributed by atoms with E-state index in [1.54, 1.807) is 11.9 Å². The van der Waals surface area contributed by atoms with Gasteiger partial charge in [-0.3, -0.25) is 9.59 Å². The molecule has 7 nitrogen and oxygen atoms in total. The molecule has 1 aliphatic rings. The van der Waals surface area contributed by atoms with Gasteiger partial charge in [-0.25, -0.2) is 4.98 Å². The van der Waals surface area contributed by atoms with E-state index in [0.29, 0.717) is 18.7 Å². The number of imidazole rings is 1. The molecular weight excluding hydrogens is 402 g/mol. The monoisotopic (exact) mass is 433 g/mol. The van der Waals surface area contributed by atoms with Gasteiger partial charge in [-0.1, -0.05) is 32.4 Å². The van der Waals surface area contributed by atoms with E-state index in [4.69, 9.17) is 0 Å². The number of hydrogen-bond donors (Lipinski definition) is 2. The highest BCUT2D eigenvalue weighted by Crippen LogP contribution is 2.26. The first-order chi connectivity index (χ1) is 15.5. The standard InChI is InChI=1S/C25H31N5O2/c1-4-6-13-30-15-18-14-17(11-12-20(18)26-19(5-2)25(30)32)24(31)29(3)16-23-27-21-9-7-8-10-22(21)28-23/h7-12,14,19,26H,4-6,13,15-16H2,1-3H3,(H,27,28)/t19-/m0/s1. The quantitative estimate of drug-likeness (QED) is 0.586. The zero-order valence-electron chi connectivity index (χ0n) is 19.0. The molecule has 2 amide bonds. The fourth-order valence-corrected chi connectivity index (χ4v) is 4.16. The van der Waals surface area contributed by atoms with E-state index >= 15 is 0 Å². The Morgan fingerprint density at radius 1 is 1.22 bits per heavy atom. The summed E-state index contributed by atoms with van der Waals surface area (Å²) in [6.07, 6.45) is 2.73. The maximum absolute atomic E-state index is 13.2. The first-order valence-corrected chi connectivity index (χ1v) is 11.4. The van der Waals surface area contributed by atoms with E-state index in [0.717, 1.165) is 53.9 Å². The Balaban J connectivity index is 1.54. The van der Waals surface area contributed by atoms with Crippen LogP contribution in [0.25, 0.3) is 11.0 Å². The van der Waals surface area contributed by atoms with Gasteiger partial charge < -0.3 is 20.1 Å². The molecule has 0 unspecified atom stereocenters. The van der Waals surface area contributed by atoms with Crippen molar-refractivity contribution in [1.29, 1.82) is 0 Å². The molecule has 32 heavy (non-hydrogen) atoms. The number of nitrogens with zero attached hydrogens (tertiary/aromatic N) is 3. The smallest absolute Gasteiger partial charge is 0.254 e. The summed E-state index contributed by atoms with van der Waals surface area (Å²) >= 11 is 0. The highest BCUT2D eigenvalue weighted by molar-refractivity contribution is 5.95. The molecule has 0 aliphatic carbocycles. The third-order valence-electron chi connectivity index (χ3n) is 6.01. The van der Waals surface area contributed by atoms with Gasteiger partial charge in [0.2, 0.25) is 5.91 Å². The SMILES string of the molecule is CCCCN1Cc2cc(C(=O)N(C)Cc3nc4ccccc4[nH]3)ccc2N[C@@H](CC)C1=O. The predicted octanol–water partition coefficient (Wildman–Crippen LogP) is 4.17. The molecular formula is C25H31N5O2. The van der Waals surface area contributed by atoms with Crippen LogP contribution in [0.2, 0.25) is 0 Å². The summed E-state index contributed by atoms with van der Waals surface area (Å²) in [5.41, 5.74) is 4.37. The highest BCUT2D eigenvalue weighted by Gasteiger charge is 2.28. The number of hydrogen-bond acceptors (Lipinski definition) is 4. The Morgan fingerprint density at radius 2 is 2.03 bits per heavy atom. The van der Waals surface area contributed by atoms with Crippen molar-refractivity contribution in [1.82, 2.24) is 19.8 Å².